The molecule has 2 heterocycles. The van der Waals surface area contributed by atoms with E-state index < -0.39 is 16.5 Å². The first-order valence-electron chi connectivity index (χ1n) is 7.54. The van der Waals surface area contributed by atoms with Crippen molar-refractivity contribution in [3.8, 4) is 0 Å². The van der Waals surface area contributed by atoms with Gasteiger partial charge in [0.15, 0.2) is 0 Å². The Bertz CT molecular complexity index is 968. The quantitative estimate of drug-likeness (QED) is 0.401. The summed E-state index contributed by atoms with van der Waals surface area (Å²) in [7, 11) is 0. The summed E-state index contributed by atoms with van der Waals surface area (Å²) in [6.45, 7) is 0. The van der Waals surface area contributed by atoms with E-state index in [-0.39, 0.29) is 17.3 Å². The summed E-state index contributed by atoms with van der Waals surface area (Å²) in [4.78, 5) is 34.6. The summed E-state index contributed by atoms with van der Waals surface area (Å²) in [6, 6.07) is 11.8. The number of benzene rings is 1. The maximum atomic E-state index is 12.0. The van der Waals surface area contributed by atoms with Crippen molar-refractivity contribution in [2.24, 2.45) is 0 Å². The van der Waals surface area contributed by atoms with Crippen LogP contribution in [0.4, 0.5) is 23.0 Å². The Morgan fingerprint density at radius 3 is 2.44 bits per heavy atom. The first-order valence-corrected chi connectivity index (χ1v) is 8.33. The molecule has 0 spiro atoms. The van der Waals surface area contributed by atoms with Crippen molar-refractivity contribution in [1.82, 2.24) is 20.4 Å². The summed E-state index contributed by atoms with van der Waals surface area (Å²) in [5, 5.41) is 14.4. The van der Waals surface area contributed by atoms with Gasteiger partial charge in [0.25, 0.3) is 5.91 Å². The molecule has 1 amide bonds. The van der Waals surface area contributed by atoms with Crippen LogP contribution in [-0.4, -0.2) is 25.8 Å². The molecule has 3 aromatic rings. The van der Waals surface area contributed by atoms with E-state index in [2.05, 4.69) is 47.1 Å². The molecular weight excluding hydrogens is 418 g/mol. The maximum absolute atomic E-state index is 12.0. The van der Waals surface area contributed by atoms with E-state index in [0.29, 0.717) is 5.69 Å². The molecule has 3 N–H and O–H groups in total. The average Bonchev–Trinajstić information content (AvgIpc) is 2.68. The van der Waals surface area contributed by atoms with Gasteiger partial charge in [0.1, 0.15) is 12.0 Å². The van der Waals surface area contributed by atoms with Crippen LogP contribution in [0.15, 0.2) is 59.5 Å². The Kier molecular flexibility index (Phi) is 5.52. The highest BCUT2D eigenvalue weighted by molar-refractivity contribution is 9.10. The molecule has 2 aromatic heterocycles. The molecule has 0 unspecified atom stereocenters. The topological polar surface area (TPSA) is 135 Å². The van der Waals surface area contributed by atoms with Gasteiger partial charge in [-0.3, -0.25) is 30.7 Å². The molecule has 3 rings (SSSR count). The molecule has 136 valence electrons. The van der Waals surface area contributed by atoms with Gasteiger partial charge in [-0.25, -0.2) is 9.97 Å². The lowest BCUT2D eigenvalue weighted by atomic mass is 10.3. The van der Waals surface area contributed by atoms with Gasteiger partial charge in [-0.05, 0) is 36.4 Å². The number of carbonyl (C=O) groups is 1. The van der Waals surface area contributed by atoms with Crippen LogP contribution in [0.3, 0.4) is 0 Å². The number of hydrogen-bond acceptors (Lipinski definition) is 8. The van der Waals surface area contributed by atoms with Crippen LogP contribution in [0.2, 0.25) is 0 Å². The molecule has 0 aliphatic heterocycles. The number of nitrogens with zero attached hydrogens (tertiary/aromatic N) is 4. The first kappa shape index (κ1) is 18.2. The lowest BCUT2D eigenvalue weighted by Gasteiger charge is -2.10. The smallest absolute Gasteiger partial charge is 0.334 e. The fraction of sp³-hybridized carbons (Fsp3) is 0. The van der Waals surface area contributed by atoms with Gasteiger partial charge < -0.3 is 5.32 Å². The zero-order valence-electron chi connectivity index (χ0n) is 13.6. The van der Waals surface area contributed by atoms with E-state index in [0.717, 1.165) is 10.8 Å². The molecule has 0 atom stereocenters. The molecule has 11 heteroatoms. The monoisotopic (exact) mass is 429 g/mol. The predicted molar refractivity (Wildman–Crippen MR) is 101 cm³/mol. The van der Waals surface area contributed by atoms with E-state index in [9.17, 15) is 14.9 Å². The van der Waals surface area contributed by atoms with Crippen molar-refractivity contribution < 1.29 is 9.72 Å². The molecule has 0 aliphatic rings. The molecular formula is C16H12BrN7O3. The Morgan fingerprint density at radius 1 is 1.04 bits per heavy atom. The van der Waals surface area contributed by atoms with Gasteiger partial charge in [0.05, 0.1) is 4.92 Å². The molecule has 0 saturated carbocycles. The van der Waals surface area contributed by atoms with E-state index >= 15 is 0 Å². The van der Waals surface area contributed by atoms with E-state index in [1.807, 2.05) is 0 Å². The van der Waals surface area contributed by atoms with Crippen LogP contribution in [0.5, 0.6) is 0 Å². The maximum Gasteiger partial charge on any atom is 0.355 e. The number of pyridine rings is 1. The molecule has 0 radical (unpaired) electrons. The van der Waals surface area contributed by atoms with Crippen LogP contribution < -0.4 is 16.2 Å². The number of carbonyl (C=O) groups excluding carboxylic acids is 1. The van der Waals surface area contributed by atoms with E-state index in [1.165, 1.54) is 12.3 Å². The van der Waals surface area contributed by atoms with Gasteiger partial charge in [0, 0.05) is 16.4 Å². The number of hydrogen-bond donors (Lipinski definition) is 3. The molecule has 0 saturated heterocycles. The summed E-state index contributed by atoms with van der Waals surface area (Å²) < 4.78 is 0.866. The van der Waals surface area contributed by atoms with Crippen LogP contribution in [-0.2, 0) is 0 Å². The number of hydrazine groups is 1. The lowest BCUT2D eigenvalue weighted by Crippen LogP contribution is -2.31. The number of amides is 1. The minimum absolute atomic E-state index is 0.0214. The molecule has 27 heavy (non-hydrogen) atoms. The minimum Gasteiger partial charge on any atom is -0.334 e. The second-order valence-electron chi connectivity index (χ2n) is 5.10. The lowest BCUT2D eigenvalue weighted by molar-refractivity contribution is -0.383. The van der Waals surface area contributed by atoms with Gasteiger partial charge >= 0.3 is 5.69 Å². The fourth-order valence-corrected chi connectivity index (χ4v) is 2.35. The second kappa shape index (κ2) is 8.19. The zero-order chi connectivity index (χ0) is 19.2. The van der Waals surface area contributed by atoms with E-state index in [4.69, 9.17) is 0 Å². The number of rotatable bonds is 6. The normalized spacial score (nSPS) is 10.1. The molecule has 0 fully saturated rings. The minimum atomic E-state index is -0.642. The van der Waals surface area contributed by atoms with Crippen molar-refractivity contribution >= 4 is 44.8 Å². The van der Waals surface area contributed by atoms with Gasteiger partial charge in [-0.2, -0.15) is 0 Å². The number of nitrogens with one attached hydrogen (secondary N) is 3. The Labute approximate surface area is 161 Å². The average molecular weight is 430 g/mol. The Morgan fingerprint density at radius 2 is 1.78 bits per heavy atom. The summed E-state index contributed by atoms with van der Waals surface area (Å²) >= 11 is 3.32. The zero-order valence-corrected chi connectivity index (χ0v) is 15.2. The van der Waals surface area contributed by atoms with Gasteiger partial charge in [-0.15, -0.1) is 0 Å². The van der Waals surface area contributed by atoms with Crippen molar-refractivity contribution in [1.29, 1.82) is 0 Å². The highest BCUT2D eigenvalue weighted by Crippen LogP contribution is 2.31. The van der Waals surface area contributed by atoms with Crippen LogP contribution in [0, 0.1) is 10.1 Å². The predicted octanol–water partition coefficient (Wildman–Crippen LogP) is 3.04. The summed E-state index contributed by atoms with van der Waals surface area (Å²) in [6.07, 6.45) is 2.60. The Hall–Kier alpha value is -3.60. The third-order valence-corrected chi connectivity index (χ3v) is 3.83. The molecule has 0 bridgehead atoms. The van der Waals surface area contributed by atoms with Gasteiger partial charge in [0.2, 0.25) is 11.6 Å². The summed E-state index contributed by atoms with van der Waals surface area (Å²) in [5.41, 5.74) is 5.11. The third-order valence-electron chi connectivity index (χ3n) is 3.30. The molecule has 1 aromatic carbocycles. The number of nitro groups is 1. The first-order chi connectivity index (χ1) is 13.0. The highest BCUT2D eigenvalue weighted by atomic mass is 79.9. The van der Waals surface area contributed by atoms with Crippen LogP contribution in [0.25, 0.3) is 0 Å². The van der Waals surface area contributed by atoms with Crippen molar-refractivity contribution in [3.63, 3.8) is 0 Å². The fourth-order valence-electron chi connectivity index (χ4n) is 2.08. The van der Waals surface area contributed by atoms with E-state index in [1.54, 1.807) is 36.4 Å². The third kappa shape index (κ3) is 4.52. The molecule has 0 aliphatic carbocycles. The van der Waals surface area contributed by atoms with Gasteiger partial charge in [-0.1, -0.05) is 22.0 Å². The van der Waals surface area contributed by atoms with Crippen LogP contribution in [0.1, 0.15) is 10.5 Å². The summed E-state index contributed by atoms with van der Waals surface area (Å²) in [5.74, 6) is -0.753. The van der Waals surface area contributed by atoms with Crippen molar-refractivity contribution in [2.45, 2.75) is 0 Å². The SMILES string of the molecule is O=C(NNc1ncnc(Nc2ccc(Br)cc2)c1[N+](=O)[O-])c1ccccn1. The number of aromatic nitrogens is 3. The molecule has 10 nitrogen and oxygen atoms in total. The van der Waals surface area contributed by atoms with Crippen molar-refractivity contribution in [3.05, 3.63) is 75.3 Å². The van der Waals surface area contributed by atoms with Crippen molar-refractivity contribution in [2.75, 3.05) is 10.7 Å². The Balaban J connectivity index is 1.82. The number of halogens is 1. The standard InChI is InChI=1S/C16H12BrN7O3/c17-10-4-6-11(7-5-10)21-14-13(24(26)27)15(20-9-19-14)22-23-16(25)12-3-1-2-8-18-12/h1-9H,(H,23,25)(H2,19,20,21,22). The second-order valence-corrected chi connectivity index (χ2v) is 6.02. The number of anilines is 3. The largest absolute Gasteiger partial charge is 0.355 e. The van der Waals surface area contributed by atoms with Crippen LogP contribution >= 0.6 is 15.9 Å². The highest BCUT2D eigenvalue weighted by Gasteiger charge is 2.23.